The molecule has 0 fully saturated rings. The lowest BCUT2D eigenvalue weighted by atomic mass is 10.1. The third kappa shape index (κ3) is 3.39. The highest BCUT2D eigenvalue weighted by Gasteiger charge is 2.20. The van der Waals surface area contributed by atoms with Gasteiger partial charge in [0.25, 0.3) is 0 Å². The molecule has 5 heteroatoms. The number of carbonyl (C=O) groups is 2. The summed E-state index contributed by atoms with van der Waals surface area (Å²) >= 11 is 6.63. The minimum Gasteiger partial charge on any atom is -0.462 e. The Hall–Kier alpha value is -0.680. The number of benzene rings is 1. The summed E-state index contributed by atoms with van der Waals surface area (Å²) in [7, 11) is 0. The molecule has 0 radical (unpaired) electrons. The van der Waals surface area contributed by atoms with E-state index in [4.69, 9.17) is 4.74 Å². The van der Waals surface area contributed by atoms with Gasteiger partial charge in [0, 0.05) is 4.47 Å². The third-order valence-electron chi connectivity index (χ3n) is 2.15. The molecule has 92 valence electrons. The first-order chi connectivity index (χ1) is 7.99. The molecule has 1 atom stereocenters. The molecule has 0 spiro atoms. The first kappa shape index (κ1) is 14.4. The number of hydrogen-bond acceptors (Lipinski definition) is 3. The van der Waals surface area contributed by atoms with Crippen molar-refractivity contribution in [3.8, 4) is 0 Å². The summed E-state index contributed by atoms with van der Waals surface area (Å²) in [6.07, 6.45) is 0. The van der Waals surface area contributed by atoms with E-state index in [0.717, 1.165) is 5.56 Å². The van der Waals surface area contributed by atoms with Crippen LogP contribution in [-0.2, 0) is 9.53 Å². The van der Waals surface area contributed by atoms with Crippen molar-refractivity contribution in [2.24, 2.45) is 0 Å². The van der Waals surface area contributed by atoms with E-state index in [-0.39, 0.29) is 5.78 Å². The first-order valence-electron chi connectivity index (χ1n) is 5.09. The van der Waals surface area contributed by atoms with Crippen LogP contribution in [0.4, 0.5) is 0 Å². The van der Waals surface area contributed by atoms with E-state index >= 15 is 0 Å². The molecule has 17 heavy (non-hydrogen) atoms. The SMILES string of the molecule is CCOC(=O)c1cccc(C(Br)C(C)=O)c1Br. The zero-order chi connectivity index (χ0) is 13.0. The van der Waals surface area contributed by atoms with Gasteiger partial charge >= 0.3 is 5.97 Å². The Labute approximate surface area is 117 Å². The van der Waals surface area contributed by atoms with Crippen LogP contribution >= 0.6 is 31.9 Å². The van der Waals surface area contributed by atoms with Crippen LogP contribution < -0.4 is 0 Å². The smallest absolute Gasteiger partial charge is 0.339 e. The van der Waals surface area contributed by atoms with E-state index in [2.05, 4.69) is 31.9 Å². The lowest BCUT2D eigenvalue weighted by Crippen LogP contribution is -2.09. The highest BCUT2D eigenvalue weighted by molar-refractivity contribution is 9.11. The molecule has 0 N–H and O–H groups in total. The van der Waals surface area contributed by atoms with Crippen molar-refractivity contribution in [1.29, 1.82) is 0 Å². The fourth-order valence-electron chi connectivity index (χ4n) is 1.33. The second kappa shape index (κ2) is 6.31. The maximum Gasteiger partial charge on any atom is 0.339 e. The van der Waals surface area contributed by atoms with E-state index in [0.29, 0.717) is 16.6 Å². The summed E-state index contributed by atoms with van der Waals surface area (Å²) in [6, 6.07) is 5.17. The van der Waals surface area contributed by atoms with Crippen molar-refractivity contribution in [3.05, 3.63) is 33.8 Å². The fraction of sp³-hybridized carbons (Fsp3) is 0.333. The molecule has 1 unspecified atom stereocenters. The van der Waals surface area contributed by atoms with Crippen LogP contribution in [0.2, 0.25) is 0 Å². The van der Waals surface area contributed by atoms with Gasteiger partial charge < -0.3 is 4.74 Å². The Morgan fingerprint density at radius 1 is 1.41 bits per heavy atom. The van der Waals surface area contributed by atoms with Gasteiger partial charge in [0.15, 0.2) is 0 Å². The minimum atomic E-state index is -0.425. The quantitative estimate of drug-likeness (QED) is 0.605. The Balaban J connectivity index is 3.15. The van der Waals surface area contributed by atoms with Gasteiger partial charge in [-0.2, -0.15) is 0 Å². The second-order valence-electron chi connectivity index (χ2n) is 3.40. The molecule has 1 aromatic carbocycles. The number of carbonyl (C=O) groups excluding carboxylic acids is 2. The number of halogens is 2. The molecule has 0 heterocycles. The summed E-state index contributed by atoms with van der Waals surface area (Å²) in [6.45, 7) is 3.56. The predicted molar refractivity (Wildman–Crippen MR) is 72.4 cm³/mol. The molecule has 0 aromatic heterocycles. The molecule has 1 aromatic rings. The Morgan fingerprint density at radius 3 is 2.59 bits per heavy atom. The standard InChI is InChI=1S/C12H12Br2O3/c1-3-17-12(16)9-6-4-5-8(11(9)14)10(13)7(2)15/h4-6,10H,3H2,1-2H3. The topological polar surface area (TPSA) is 43.4 Å². The summed E-state index contributed by atoms with van der Waals surface area (Å²) in [5.41, 5.74) is 1.15. The normalized spacial score (nSPS) is 12.0. The van der Waals surface area contributed by atoms with Crippen LogP contribution in [0.3, 0.4) is 0 Å². The lowest BCUT2D eigenvalue weighted by Gasteiger charge is -2.12. The van der Waals surface area contributed by atoms with E-state index in [1.165, 1.54) is 6.92 Å². The van der Waals surface area contributed by atoms with Gasteiger partial charge in [-0.3, -0.25) is 4.79 Å². The Bertz CT molecular complexity index is 443. The van der Waals surface area contributed by atoms with Gasteiger partial charge in [-0.05, 0) is 41.4 Å². The molecule has 0 amide bonds. The van der Waals surface area contributed by atoms with Gasteiger partial charge in [-0.1, -0.05) is 28.1 Å². The summed E-state index contributed by atoms with van der Waals surface area (Å²) < 4.78 is 5.53. The average molecular weight is 364 g/mol. The molecule has 0 saturated heterocycles. The van der Waals surface area contributed by atoms with Crippen LogP contribution in [0, 0.1) is 0 Å². The van der Waals surface area contributed by atoms with Crippen LogP contribution in [0.1, 0.15) is 34.6 Å². The summed E-state index contributed by atoms with van der Waals surface area (Å²) in [5, 5.41) is 0. The maximum atomic E-state index is 11.7. The first-order valence-corrected chi connectivity index (χ1v) is 6.80. The number of Topliss-reactive ketones (excluding diaryl/α,β-unsaturated/α-hetero) is 1. The van der Waals surface area contributed by atoms with Gasteiger partial charge in [0.1, 0.15) is 5.78 Å². The number of ether oxygens (including phenoxy) is 1. The fourth-order valence-corrected chi connectivity index (χ4v) is 2.67. The lowest BCUT2D eigenvalue weighted by molar-refractivity contribution is -0.116. The van der Waals surface area contributed by atoms with Crippen LogP contribution in [0.25, 0.3) is 0 Å². The number of hydrogen-bond donors (Lipinski definition) is 0. The van der Waals surface area contributed by atoms with E-state index in [1.54, 1.807) is 25.1 Å². The van der Waals surface area contributed by atoms with Gasteiger partial charge in [0.2, 0.25) is 0 Å². The van der Waals surface area contributed by atoms with Crippen molar-refractivity contribution >= 4 is 43.6 Å². The molecule has 3 nitrogen and oxygen atoms in total. The van der Waals surface area contributed by atoms with Crippen LogP contribution in [-0.4, -0.2) is 18.4 Å². The highest BCUT2D eigenvalue weighted by atomic mass is 79.9. The van der Waals surface area contributed by atoms with Crippen molar-refractivity contribution in [2.45, 2.75) is 18.7 Å². The number of ketones is 1. The number of alkyl halides is 1. The molecule has 0 aliphatic heterocycles. The summed E-state index contributed by atoms with van der Waals surface area (Å²) in [4.78, 5) is 22.6. The van der Waals surface area contributed by atoms with Crippen LogP contribution in [0.15, 0.2) is 22.7 Å². The Kier molecular flexibility index (Phi) is 5.33. The highest BCUT2D eigenvalue weighted by Crippen LogP contribution is 2.32. The van der Waals surface area contributed by atoms with Gasteiger partial charge in [-0.25, -0.2) is 4.79 Å². The van der Waals surface area contributed by atoms with E-state index in [1.807, 2.05) is 0 Å². The zero-order valence-electron chi connectivity index (χ0n) is 9.50. The maximum absolute atomic E-state index is 11.7. The third-order valence-corrected chi connectivity index (χ3v) is 4.18. The van der Waals surface area contributed by atoms with Crippen LogP contribution in [0.5, 0.6) is 0 Å². The molecule has 0 saturated carbocycles. The van der Waals surface area contributed by atoms with E-state index < -0.39 is 10.8 Å². The largest absolute Gasteiger partial charge is 0.462 e. The van der Waals surface area contributed by atoms with Gasteiger partial charge in [-0.15, -0.1) is 0 Å². The molecular formula is C12H12Br2O3. The van der Waals surface area contributed by atoms with Crippen molar-refractivity contribution in [1.82, 2.24) is 0 Å². The molecule has 0 aliphatic rings. The molecular weight excluding hydrogens is 352 g/mol. The molecule has 0 aliphatic carbocycles. The predicted octanol–water partition coefficient (Wildman–Crippen LogP) is 3.65. The molecule has 0 bridgehead atoms. The van der Waals surface area contributed by atoms with E-state index in [9.17, 15) is 9.59 Å². The molecule has 1 rings (SSSR count). The van der Waals surface area contributed by atoms with Gasteiger partial charge in [0.05, 0.1) is 17.0 Å². The Morgan fingerprint density at radius 2 is 2.06 bits per heavy atom. The average Bonchev–Trinajstić information content (AvgIpc) is 2.28. The number of rotatable bonds is 4. The minimum absolute atomic E-state index is 0.0216. The van der Waals surface area contributed by atoms with Crippen molar-refractivity contribution in [3.63, 3.8) is 0 Å². The zero-order valence-corrected chi connectivity index (χ0v) is 12.7. The van der Waals surface area contributed by atoms with Crippen molar-refractivity contribution in [2.75, 3.05) is 6.61 Å². The summed E-state index contributed by atoms with van der Waals surface area (Å²) in [5.74, 6) is -0.420. The monoisotopic (exact) mass is 362 g/mol. The number of esters is 1. The second-order valence-corrected chi connectivity index (χ2v) is 5.11. The van der Waals surface area contributed by atoms with Crippen molar-refractivity contribution < 1.29 is 14.3 Å².